The van der Waals surface area contributed by atoms with Crippen molar-refractivity contribution in [3.63, 3.8) is 0 Å². The van der Waals surface area contributed by atoms with Crippen molar-refractivity contribution in [3.8, 4) is 17.2 Å². The van der Waals surface area contributed by atoms with Crippen LogP contribution in [0, 0.1) is 13.8 Å². The van der Waals surface area contributed by atoms with Crippen molar-refractivity contribution in [2.45, 2.75) is 13.8 Å². The van der Waals surface area contributed by atoms with Crippen LogP contribution in [0.4, 0.5) is 10.5 Å². The van der Waals surface area contributed by atoms with E-state index in [1.807, 2.05) is 26.0 Å². The lowest BCUT2D eigenvalue weighted by Crippen LogP contribution is -2.28. The average molecular weight is 385 g/mol. The number of rotatable bonds is 4. The van der Waals surface area contributed by atoms with E-state index < -0.39 is 0 Å². The molecule has 2 aromatic carbocycles. The monoisotopic (exact) mass is 385 g/mol. The molecule has 1 aliphatic heterocycles. The predicted octanol–water partition coefficient (Wildman–Crippen LogP) is 4.27. The first-order chi connectivity index (χ1) is 12.9. The number of imide groups is 1. The highest BCUT2D eigenvalue weighted by atomic mass is 32.2. The molecule has 1 aliphatic rings. The van der Waals surface area contributed by atoms with Crippen molar-refractivity contribution in [3.05, 3.63) is 51.9 Å². The Morgan fingerprint density at radius 1 is 1.07 bits per heavy atom. The summed E-state index contributed by atoms with van der Waals surface area (Å²) >= 11 is 0.872. The van der Waals surface area contributed by atoms with Gasteiger partial charge in [0.25, 0.3) is 11.1 Å². The maximum atomic E-state index is 12.9. The van der Waals surface area contributed by atoms with Crippen molar-refractivity contribution in [1.29, 1.82) is 0 Å². The molecule has 1 fully saturated rings. The molecule has 7 heteroatoms. The normalized spacial score (nSPS) is 15.6. The third-order valence-electron chi connectivity index (χ3n) is 4.41. The molecule has 0 spiro atoms. The number of aromatic hydroxyl groups is 1. The van der Waals surface area contributed by atoms with Gasteiger partial charge in [-0.1, -0.05) is 12.1 Å². The Morgan fingerprint density at radius 3 is 2.30 bits per heavy atom. The maximum absolute atomic E-state index is 12.9. The zero-order chi connectivity index (χ0) is 19.7. The number of hydrogen-bond acceptors (Lipinski definition) is 6. The minimum absolute atomic E-state index is 0.124. The van der Waals surface area contributed by atoms with Crippen molar-refractivity contribution < 1.29 is 24.2 Å². The molecule has 140 valence electrons. The molecule has 3 rings (SSSR count). The number of methoxy groups -OCH3 is 2. The van der Waals surface area contributed by atoms with Gasteiger partial charge in [-0.05, 0) is 66.6 Å². The van der Waals surface area contributed by atoms with Gasteiger partial charge in [-0.15, -0.1) is 0 Å². The van der Waals surface area contributed by atoms with Gasteiger partial charge >= 0.3 is 0 Å². The average Bonchev–Trinajstić information content (AvgIpc) is 2.92. The van der Waals surface area contributed by atoms with E-state index >= 15 is 0 Å². The summed E-state index contributed by atoms with van der Waals surface area (Å²) in [6.45, 7) is 3.82. The number of nitrogens with zero attached hydrogens (tertiary/aromatic N) is 1. The Bertz CT molecular complexity index is 942. The molecule has 0 atom stereocenters. The number of benzene rings is 2. The van der Waals surface area contributed by atoms with Crippen molar-refractivity contribution >= 4 is 34.7 Å². The van der Waals surface area contributed by atoms with E-state index in [1.54, 1.807) is 24.3 Å². The van der Waals surface area contributed by atoms with E-state index in [1.165, 1.54) is 19.1 Å². The smallest absolute Gasteiger partial charge is 0.298 e. The number of hydrogen-bond donors (Lipinski definition) is 1. The van der Waals surface area contributed by atoms with Crippen LogP contribution in [-0.4, -0.2) is 30.5 Å². The number of thioether (sulfide) groups is 1. The van der Waals surface area contributed by atoms with Crippen LogP contribution < -0.4 is 14.4 Å². The molecule has 0 aliphatic carbocycles. The second-order valence-electron chi connectivity index (χ2n) is 6.01. The predicted molar refractivity (Wildman–Crippen MR) is 106 cm³/mol. The summed E-state index contributed by atoms with van der Waals surface area (Å²) < 4.78 is 10.3. The van der Waals surface area contributed by atoms with Crippen LogP contribution in [0.25, 0.3) is 6.08 Å². The number of amides is 2. The lowest BCUT2D eigenvalue weighted by atomic mass is 10.1. The highest BCUT2D eigenvalue weighted by Gasteiger charge is 2.37. The van der Waals surface area contributed by atoms with Crippen LogP contribution >= 0.6 is 11.8 Å². The topological polar surface area (TPSA) is 76.1 Å². The number of ether oxygens (including phenoxy) is 2. The largest absolute Gasteiger partial charge is 0.502 e. The van der Waals surface area contributed by atoms with Crippen LogP contribution in [0.1, 0.15) is 16.7 Å². The lowest BCUT2D eigenvalue weighted by Gasteiger charge is -2.16. The fourth-order valence-corrected chi connectivity index (χ4v) is 3.64. The van der Waals surface area contributed by atoms with Crippen LogP contribution in [0.15, 0.2) is 35.2 Å². The number of anilines is 1. The number of carbonyl (C=O) groups excluding carboxylic acids is 2. The fourth-order valence-electron chi connectivity index (χ4n) is 2.80. The first kappa shape index (κ1) is 18.8. The van der Waals surface area contributed by atoms with Gasteiger partial charge in [0.1, 0.15) is 0 Å². The van der Waals surface area contributed by atoms with Crippen LogP contribution in [0.3, 0.4) is 0 Å². The molecule has 1 N–H and O–H groups in total. The van der Waals surface area contributed by atoms with Gasteiger partial charge in [0, 0.05) is 0 Å². The highest BCUT2D eigenvalue weighted by molar-refractivity contribution is 8.19. The zero-order valence-electron chi connectivity index (χ0n) is 15.4. The van der Waals surface area contributed by atoms with E-state index in [0.29, 0.717) is 11.3 Å². The van der Waals surface area contributed by atoms with Gasteiger partial charge in [0.2, 0.25) is 5.75 Å². The summed E-state index contributed by atoms with van der Waals surface area (Å²) in [7, 11) is 2.85. The third kappa shape index (κ3) is 3.38. The van der Waals surface area contributed by atoms with Gasteiger partial charge in [-0.3, -0.25) is 9.59 Å². The Morgan fingerprint density at radius 2 is 1.70 bits per heavy atom. The van der Waals surface area contributed by atoms with Gasteiger partial charge in [0.05, 0.1) is 24.8 Å². The summed E-state index contributed by atoms with van der Waals surface area (Å²) in [5, 5.41) is 9.66. The van der Waals surface area contributed by atoms with Gasteiger partial charge in [0.15, 0.2) is 11.5 Å². The minimum atomic E-state index is -0.385. The van der Waals surface area contributed by atoms with Crippen molar-refractivity contribution in [1.82, 2.24) is 0 Å². The molecule has 0 aromatic heterocycles. The Balaban J connectivity index is 2.01. The molecule has 0 unspecified atom stereocenters. The Kier molecular flexibility index (Phi) is 5.14. The lowest BCUT2D eigenvalue weighted by molar-refractivity contribution is -0.113. The van der Waals surface area contributed by atoms with Gasteiger partial charge in [-0.2, -0.15) is 0 Å². The molecule has 27 heavy (non-hydrogen) atoms. The quantitative estimate of drug-likeness (QED) is 0.792. The molecule has 1 heterocycles. The molecular formula is C20H19NO5S. The fraction of sp³-hybridized carbons (Fsp3) is 0.200. The third-order valence-corrected chi connectivity index (χ3v) is 5.28. The van der Waals surface area contributed by atoms with Crippen LogP contribution in [0.2, 0.25) is 0 Å². The maximum Gasteiger partial charge on any atom is 0.298 e. The van der Waals surface area contributed by atoms with E-state index in [9.17, 15) is 14.7 Å². The second kappa shape index (κ2) is 7.36. The summed E-state index contributed by atoms with van der Waals surface area (Å²) in [5.41, 5.74) is 3.05. The SMILES string of the molecule is COc1cc(/C=C2\SC(=O)N(c3cccc(C)c3C)C2=O)cc(OC)c1O. The van der Waals surface area contributed by atoms with Gasteiger partial charge in [-0.25, -0.2) is 4.90 Å². The highest BCUT2D eigenvalue weighted by Crippen LogP contribution is 2.41. The summed E-state index contributed by atoms with van der Waals surface area (Å²) in [4.78, 5) is 26.8. The van der Waals surface area contributed by atoms with E-state index in [2.05, 4.69) is 0 Å². The second-order valence-corrected chi connectivity index (χ2v) is 7.00. The summed E-state index contributed by atoms with van der Waals surface area (Å²) in [6, 6.07) is 8.66. The Labute approximate surface area is 161 Å². The summed E-state index contributed by atoms with van der Waals surface area (Å²) in [6.07, 6.45) is 1.58. The first-order valence-electron chi connectivity index (χ1n) is 8.16. The molecule has 2 aromatic rings. The molecule has 2 amide bonds. The van der Waals surface area contributed by atoms with Crippen molar-refractivity contribution in [2.75, 3.05) is 19.1 Å². The van der Waals surface area contributed by atoms with Gasteiger partial charge < -0.3 is 14.6 Å². The summed E-state index contributed by atoms with van der Waals surface area (Å²) in [5.74, 6) is -0.0749. The number of phenols is 1. The number of carbonyl (C=O) groups is 2. The number of aryl methyl sites for hydroxylation is 1. The molecule has 0 bridgehead atoms. The first-order valence-corrected chi connectivity index (χ1v) is 8.98. The standard InChI is InChI=1S/C20H19NO5S/c1-11-6-5-7-14(12(11)2)21-19(23)17(27-20(21)24)10-13-8-15(25-3)18(22)16(9-13)26-4/h5-10,22H,1-4H3/b17-10-. The molecular weight excluding hydrogens is 366 g/mol. The molecule has 6 nitrogen and oxygen atoms in total. The van der Waals surface area contributed by atoms with Crippen LogP contribution in [0.5, 0.6) is 17.2 Å². The molecule has 1 saturated heterocycles. The Hall–Kier alpha value is -2.93. The van der Waals surface area contributed by atoms with E-state index in [0.717, 1.165) is 22.9 Å². The molecule has 0 radical (unpaired) electrons. The van der Waals surface area contributed by atoms with Crippen molar-refractivity contribution in [2.24, 2.45) is 0 Å². The van der Waals surface area contributed by atoms with E-state index in [4.69, 9.17) is 9.47 Å². The zero-order valence-corrected chi connectivity index (χ0v) is 16.2. The van der Waals surface area contributed by atoms with E-state index in [-0.39, 0.29) is 33.3 Å². The number of phenolic OH excluding ortho intramolecular Hbond substituents is 1. The molecule has 0 saturated carbocycles. The minimum Gasteiger partial charge on any atom is -0.502 e. The van der Waals surface area contributed by atoms with Crippen LogP contribution in [-0.2, 0) is 4.79 Å².